The van der Waals surface area contributed by atoms with Gasteiger partial charge in [0, 0.05) is 16.5 Å². The van der Waals surface area contributed by atoms with Crippen molar-refractivity contribution in [3.05, 3.63) is 63.1 Å². The van der Waals surface area contributed by atoms with Crippen LogP contribution in [-0.4, -0.2) is 12.9 Å². The maximum Gasteiger partial charge on any atom is 0.167 e. The highest BCUT2D eigenvalue weighted by Crippen LogP contribution is 2.25. The van der Waals surface area contributed by atoms with Gasteiger partial charge in [-0.2, -0.15) is 0 Å². The molecule has 0 saturated carbocycles. The highest BCUT2D eigenvalue weighted by Gasteiger charge is 2.11. The molecule has 3 heteroatoms. The van der Waals surface area contributed by atoms with E-state index in [1.807, 2.05) is 50.2 Å². The molecule has 0 unspecified atom stereocenters. The normalized spacial score (nSPS) is 10.4. The summed E-state index contributed by atoms with van der Waals surface area (Å²) in [6, 6.07) is 11.6. The highest BCUT2D eigenvalue weighted by molar-refractivity contribution is 9.10. The molecular formula is C17H17BrO2. The molecule has 0 fully saturated rings. The summed E-state index contributed by atoms with van der Waals surface area (Å²) in [6.07, 6.45) is 0.415. The van der Waals surface area contributed by atoms with E-state index in [-0.39, 0.29) is 5.78 Å². The predicted octanol–water partition coefficient (Wildman–Crippen LogP) is 4.50. The Balaban J connectivity index is 2.23. The molecule has 0 aliphatic carbocycles. The lowest BCUT2D eigenvalue weighted by molar-refractivity contribution is 0.0993. The third-order valence-electron chi connectivity index (χ3n) is 3.26. The molecule has 0 aromatic heterocycles. The molecule has 0 radical (unpaired) electrons. The average molecular weight is 333 g/mol. The molecule has 0 bridgehead atoms. The molecule has 0 aliphatic heterocycles. The summed E-state index contributed by atoms with van der Waals surface area (Å²) in [5.74, 6) is 0.978. The van der Waals surface area contributed by atoms with Crippen molar-refractivity contribution in [2.24, 2.45) is 0 Å². The van der Waals surface area contributed by atoms with Gasteiger partial charge in [-0.05, 0) is 54.8 Å². The number of rotatable bonds is 4. The van der Waals surface area contributed by atoms with Crippen LogP contribution in [0.2, 0.25) is 0 Å². The van der Waals surface area contributed by atoms with Crippen LogP contribution in [0.3, 0.4) is 0 Å². The molecular weight excluding hydrogens is 316 g/mol. The largest absolute Gasteiger partial charge is 0.496 e. The zero-order valence-electron chi connectivity index (χ0n) is 11.9. The van der Waals surface area contributed by atoms with Gasteiger partial charge in [0.15, 0.2) is 5.78 Å². The lowest BCUT2D eigenvalue weighted by Gasteiger charge is -2.11. The molecule has 2 aromatic rings. The number of ether oxygens (including phenoxy) is 1. The molecule has 2 rings (SSSR count). The summed E-state index contributed by atoms with van der Waals surface area (Å²) < 4.78 is 6.34. The Labute approximate surface area is 127 Å². The highest BCUT2D eigenvalue weighted by atomic mass is 79.9. The summed E-state index contributed by atoms with van der Waals surface area (Å²) in [4.78, 5) is 12.4. The van der Waals surface area contributed by atoms with Gasteiger partial charge in [0.25, 0.3) is 0 Å². The molecule has 0 N–H and O–H groups in total. The van der Waals surface area contributed by atoms with Gasteiger partial charge in [0.1, 0.15) is 5.75 Å². The van der Waals surface area contributed by atoms with Crippen molar-refractivity contribution in [1.82, 2.24) is 0 Å². The number of methoxy groups -OCH3 is 1. The fourth-order valence-electron chi connectivity index (χ4n) is 2.32. The number of benzene rings is 2. The molecule has 0 saturated heterocycles. The summed E-state index contributed by atoms with van der Waals surface area (Å²) in [5, 5.41) is 0. The maximum atomic E-state index is 12.4. The predicted molar refractivity (Wildman–Crippen MR) is 84.6 cm³/mol. The van der Waals surface area contributed by atoms with Gasteiger partial charge in [0.2, 0.25) is 0 Å². The zero-order chi connectivity index (χ0) is 14.7. The summed E-state index contributed by atoms with van der Waals surface area (Å²) in [7, 11) is 1.65. The number of halogens is 1. The fourth-order valence-corrected chi connectivity index (χ4v) is 2.59. The molecule has 20 heavy (non-hydrogen) atoms. The smallest absolute Gasteiger partial charge is 0.167 e. The standard InChI is InChI=1S/C17H17BrO2/c1-11-8-14(9-12(2)17(11)20-3)16(19)10-13-4-6-15(18)7-5-13/h4-9H,10H2,1-3H3. The van der Waals surface area contributed by atoms with Gasteiger partial charge >= 0.3 is 0 Å². The SMILES string of the molecule is COc1c(C)cc(C(=O)Cc2ccc(Br)cc2)cc1C. The second-order valence-corrected chi connectivity index (χ2v) is 5.79. The van der Waals surface area contributed by atoms with Crippen LogP contribution < -0.4 is 4.74 Å². The van der Waals surface area contributed by atoms with E-state index in [9.17, 15) is 4.79 Å². The van der Waals surface area contributed by atoms with E-state index >= 15 is 0 Å². The Morgan fingerprint density at radius 1 is 1.10 bits per heavy atom. The van der Waals surface area contributed by atoms with Gasteiger partial charge in [-0.25, -0.2) is 0 Å². The lowest BCUT2D eigenvalue weighted by atomic mass is 9.99. The van der Waals surface area contributed by atoms with Crippen molar-refractivity contribution < 1.29 is 9.53 Å². The summed E-state index contributed by atoms with van der Waals surface area (Å²) >= 11 is 3.39. The number of carbonyl (C=O) groups is 1. The van der Waals surface area contributed by atoms with Crippen LogP contribution in [0.25, 0.3) is 0 Å². The first-order valence-electron chi connectivity index (χ1n) is 6.44. The van der Waals surface area contributed by atoms with Crippen molar-refractivity contribution in [3.63, 3.8) is 0 Å². The van der Waals surface area contributed by atoms with Gasteiger partial charge < -0.3 is 4.74 Å². The van der Waals surface area contributed by atoms with Crippen LogP contribution in [0, 0.1) is 13.8 Å². The average Bonchev–Trinajstić information content (AvgIpc) is 2.41. The third kappa shape index (κ3) is 3.28. The number of hydrogen-bond donors (Lipinski definition) is 0. The Kier molecular flexibility index (Phi) is 4.61. The van der Waals surface area contributed by atoms with Crippen LogP contribution in [0.5, 0.6) is 5.75 Å². The Morgan fingerprint density at radius 3 is 2.15 bits per heavy atom. The Bertz CT molecular complexity index is 607. The van der Waals surface area contributed by atoms with Gasteiger partial charge in [-0.3, -0.25) is 4.79 Å². The first-order valence-corrected chi connectivity index (χ1v) is 7.23. The van der Waals surface area contributed by atoms with Crippen molar-refractivity contribution in [3.8, 4) is 5.75 Å². The molecule has 0 aliphatic rings. The second-order valence-electron chi connectivity index (χ2n) is 4.87. The Hall–Kier alpha value is -1.61. The van der Waals surface area contributed by atoms with E-state index in [0.29, 0.717) is 6.42 Å². The van der Waals surface area contributed by atoms with E-state index < -0.39 is 0 Å². The van der Waals surface area contributed by atoms with Crippen LogP contribution in [0.4, 0.5) is 0 Å². The summed E-state index contributed by atoms with van der Waals surface area (Å²) in [5.41, 5.74) is 3.74. The quantitative estimate of drug-likeness (QED) is 0.770. The number of hydrogen-bond acceptors (Lipinski definition) is 2. The molecule has 0 heterocycles. The van der Waals surface area contributed by atoms with Gasteiger partial charge in [0.05, 0.1) is 7.11 Å². The van der Waals surface area contributed by atoms with Crippen molar-refractivity contribution in [2.45, 2.75) is 20.3 Å². The molecule has 2 aromatic carbocycles. The van der Waals surface area contributed by atoms with Gasteiger partial charge in [-0.15, -0.1) is 0 Å². The number of carbonyl (C=O) groups excluding carboxylic acids is 1. The zero-order valence-corrected chi connectivity index (χ0v) is 13.5. The lowest BCUT2D eigenvalue weighted by Crippen LogP contribution is -2.05. The first-order chi connectivity index (χ1) is 9.51. The first kappa shape index (κ1) is 14.8. The van der Waals surface area contributed by atoms with E-state index in [2.05, 4.69) is 15.9 Å². The van der Waals surface area contributed by atoms with Crippen LogP contribution in [0.1, 0.15) is 27.0 Å². The summed E-state index contributed by atoms with van der Waals surface area (Å²) in [6.45, 7) is 3.92. The minimum atomic E-state index is 0.126. The van der Waals surface area contributed by atoms with E-state index in [4.69, 9.17) is 4.74 Å². The maximum absolute atomic E-state index is 12.4. The number of Topliss-reactive ketones (excluding diaryl/α,β-unsaturated/α-hetero) is 1. The minimum Gasteiger partial charge on any atom is -0.496 e. The molecule has 2 nitrogen and oxygen atoms in total. The third-order valence-corrected chi connectivity index (χ3v) is 3.79. The van der Waals surface area contributed by atoms with E-state index in [1.165, 1.54) is 0 Å². The van der Waals surface area contributed by atoms with Crippen LogP contribution >= 0.6 is 15.9 Å². The second kappa shape index (κ2) is 6.23. The van der Waals surface area contributed by atoms with Gasteiger partial charge in [-0.1, -0.05) is 28.1 Å². The number of ketones is 1. The number of aryl methyl sites for hydroxylation is 2. The van der Waals surface area contributed by atoms with E-state index in [0.717, 1.165) is 32.5 Å². The van der Waals surface area contributed by atoms with Crippen molar-refractivity contribution in [2.75, 3.05) is 7.11 Å². The topological polar surface area (TPSA) is 26.3 Å². The van der Waals surface area contributed by atoms with Crippen molar-refractivity contribution >= 4 is 21.7 Å². The van der Waals surface area contributed by atoms with Crippen molar-refractivity contribution in [1.29, 1.82) is 0 Å². The molecule has 0 amide bonds. The van der Waals surface area contributed by atoms with E-state index in [1.54, 1.807) is 7.11 Å². The minimum absolute atomic E-state index is 0.126. The Morgan fingerprint density at radius 2 is 1.65 bits per heavy atom. The molecule has 0 spiro atoms. The van der Waals surface area contributed by atoms with Crippen LogP contribution in [-0.2, 0) is 6.42 Å². The van der Waals surface area contributed by atoms with Crippen LogP contribution in [0.15, 0.2) is 40.9 Å². The fraction of sp³-hybridized carbons (Fsp3) is 0.235. The monoisotopic (exact) mass is 332 g/mol. The molecule has 0 atom stereocenters. The molecule has 104 valence electrons.